The molecule has 0 unspecified atom stereocenters. The number of nitrogens with zero attached hydrogens (tertiary/aromatic N) is 2. The summed E-state index contributed by atoms with van der Waals surface area (Å²) in [4.78, 5) is 16.1. The van der Waals surface area contributed by atoms with Crippen molar-refractivity contribution < 1.29 is 9.53 Å². The molecule has 22 heavy (non-hydrogen) atoms. The van der Waals surface area contributed by atoms with E-state index in [0.29, 0.717) is 12.5 Å². The van der Waals surface area contributed by atoms with Gasteiger partial charge in [-0.05, 0) is 17.5 Å². The molecule has 5 heteroatoms. The highest BCUT2D eigenvalue weighted by Crippen LogP contribution is 2.12. The van der Waals surface area contributed by atoms with Crippen LogP contribution < -0.4 is 0 Å². The molecule has 0 aliphatic carbocycles. The number of ether oxygens (including phenoxy) is 1. The Balaban J connectivity index is 1.73. The highest BCUT2D eigenvalue weighted by Gasteiger charge is 2.21. The zero-order valence-electron chi connectivity index (χ0n) is 13.3. The Kier molecular flexibility index (Phi) is 7.00. The zero-order chi connectivity index (χ0) is 15.8. The van der Waals surface area contributed by atoms with Crippen LogP contribution in [0.25, 0.3) is 0 Å². The van der Waals surface area contributed by atoms with Crippen molar-refractivity contribution in [3.63, 3.8) is 0 Å². The lowest BCUT2D eigenvalue weighted by Gasteiger charge is -2.34. The van der Waals surface area contributed by atoms with Crippen LogP contribution in [0.2, 0.25) is 0 Å². The van der Waals surface area contributed by atoms with Gasteiger partial charge < -0.3 is 9.64 Å². The average Bonchev–Trinajstić information content (AvgIpc) is 2.56. The van der Waals surface area contributed by atoms with E-state index in [0.717, 1.165) is 51.1 Å². The van der Waals surface area contributed by atoms with Crippen molar-refractivity contribution >= 4 is 17.7 Å². The van der Waals surface area contributed by atoms with E-state index in [1.54, 1.807) is 0 Å². The zero-order valence-corrected chi connectivity index (χ0v) is 14.0. The van der Waals surface area contributed by atoms with Crippen LogP contribution in [-0.4, -0.2) is 48.7 Å². The van der Waals surface area contributed by atoms with Crippen LogP contribution in [0, 0.1) is 0 Å². The number of rotatable bonds is 6. The second kappa shape index (κ2) is 9.01. The molecule has 1 heterocycles. The number of alkyl halides is 1. The molecule has 1 aromatic rings. The average molecular weight is 325 g/mol. The summed E-state index contributed by atoms with van der Waals surface area (Å²) in [6.45, 7) is 6.80. The van der Waals surface area contributed by atoms with E-state index in [2.05, 4.69) is 36.1 Å². The van der Waals surface area contributed by atoms with E-state index >= 15 is 0 Å². The van der Waals surface area contributed by atoms with Crippen molar-refractivity contribution in [3.8, 4) is 0 Å². The first kappa shape index (κ1) is 17.1. The molecule has 122 valence electrons. The van der Waals surface area contributed by atoms with Gasteiger partial charge in [0.2, 0.25) is 0 Å². The molecule has 1 aliphatic heterocycles. The van der Waals surface area contributed by atoms with Crippen molar-refractivity contribution in [1.29, 1.82) is 0 Å². The van der Waals surface area contributed by atoms with Crippen molar-refractivity contribution in [3.05, 3.63) is 35.4 Å². The van der Waals surface area contributed by atoms with Gasteiger partial charge in [-0.1, -0.05) is 37.6 Å². The van der Waals surface area contributed by atoms with Crippen LogP contribution in [0.4, 0.5) is 4.79 Å². The minimum absolute atomic E-state index is 0.167. The molecule has 1 saturated heterocycles. The quantitative estimate of drug-likeness (QED) is 0.593. The molecule has 0 radical (unpaired) electrons. The summed E-state index contributed by atoms with van der Waals surface area (Å²) in [7, 11) is 0. The Morgan fingerprint density at radius 1 is 1.14 bits per heavy atom. The number of hydrogen-bond donors (Lipinski definition) is 0. The number of halogens is 1. The lowest BCUT2D eigenvalue weighted by atomic mass is 10.1. The monoisotopic (exact) mass is 324 g/mol. The second-order valence-corrected chi connectivity index (χ2v) is 5.95. The maximum Gasteiger partial charge on any atom is 0.409 e. The molecule has 0 saturated carbocycles. The summed E-state index contributed by atoms with van der Waals surface area (Å²) in [6.07, 6.45) is 1.81. The fourth-order valence-corrected chi connectivity index (χ4v) is 2.65. The normalized spacial score (nSPS) is 15.8. The molecular weight excluding hydrogens is 300 g/mol. The van der Waals surface area contributed by atoms with Gasteiger partial charge in [-0.3, -0.25) is 4.90 Å². The van der Waals surface area contributed by atoms with Crippen molar-refractivity contribution in [2.24, 2.45) is 0 Å². The van der Waals surface area contributed by atoms with Crippen LogP contribution >= 0.6 is 11.6 Å². The maximum atomic E-state index is 11.9. The van der Waals surface area contributed by atoms with Crippen LogP contribution in [0.15, 0.2) is 24.3 Å². The van der Waals surface area contributed by atoms with E-state index in [-0.39, 0.29) is 6.09 Å². The molecule has 4 nitrogen and oxygen atoms in total. The number of amides is 1. The lowest BCUT2D eigenvalue weighted by Crippen LogP contribution is -2.48. The summed E-state index contributed by atoms with van der Waals surface area (Å²) >= 11 is 5.80. The number of carbonyl (C=O) groups is 1. The molecule has 1 aliphatic rings. The summed E-state index contributed by atoms with van der Waals surface area (Å²) < 4.78 is 5.26. The van der Waals surface area contributed by atoms with Gasteiger partial charge in [-0.15, -0.1) is 11.6 Å². The molecule has 0 spiro atoms. The Morgan fingerprint density at radius 2 is 1.77 bits per heavy atom. The van der Waals surface area contributed by atoms with Gasteiger partial charge in [0.05, 0.1) is 6.61 Å². The molecule has 1 amide bonds. The van der Waals surface area contributed by atoms with Gasteiger partial charge in [-0.25, -0.2) is 4.79 Å². The standard InChI is InChI=1S/C17H25ClN2O2/c1-2-3-12-22-17(21)20-10-8-19(9-11-20)14-16-6-4-15(13-18)5-7-16/h4-7H,2-3,8-14H2,1H3. The minimum atomic E-state index is -0.167. The topological polar surface area (TPSA) is 32.8 Å². The highest BCUT2D eigenvalue weighted by molar-refractivity contribution is 6.17. The summed E-state index contributed by atoms with van der Waals surface area (Å²) in [5, 5.41) is 0. The second-order valence-electron chi connectivity index (χ2n) is 5.68. The molecule has 0 aromatic heterocycles. The third-order valence-corrected chi connectivity index (χ3v) is 4.25. The SMILES string of the molecule is CCCCOC(=O)N1CCN(Cc2ccc(CCl)cc2)CC1. The molecule has 1 fully saturated rings. The number of carbonyl (C=O) groups excluding carboxylic acids is 1. The van der Waals surface area contributed by atoms with Gasteiger partial charge in [0, 0.05) is 38.6 Å². The molecule has 0 N–H and O–H groups in total. The van der Waals surface area contributed by atoms with Gasteiger partial charge in [-0.2, -0.15) is 0 Å². The van der Waals surface area contributed by atoms with Gasteiger partial charge >= 0.3 is 6.09 Å². The Hall–Kier alpha value is -1.26. The smallest absolute Gasteiger partial charge is 0.409 e. The van der Waals surface area contributed by atoms with E-state index < -0.39 is 0 Å². The van der Waals surface area contributed by atoms with Crippen LogP contribution in [0.3, 0.4) is 0 Å². The first-order valence-electron chi connectivity index (χ1n) is 8.00. The Morgan fingerprint density at radius 3 is 2.36 bits per heavy atom. The lowest BCUT2D eigenvalue weighted by molar-refractivity contribution is 0.0738. The number of hydrogen-bond acceptors (Lipinski definition) is 3. The van der Waals surface area contributed by atoms with E-state index in [1.807, 2.05) is 4.90 Å². The van der Waals surface area contributed by atoms with Gasteiger partial charge in [0.15, 0.2) is 0 Å². The van der Waals surface area contributed by atoms with Crippen molar-refractivity contribution in [2.45, 2.75) is 32.2 Å². The van der Waals surface area contributed by atoms with E-state index in [9.17, 15) is 4.79 Å². The third-order valence-electron chi connectivity index (χ3n) is 3.94. The number of benzene rings is 1. The molecule has 1 aromatic carbocycles. The highest BCUT2D eigenvalue weighted by atomic mass is 35.5. The largest absolute Gasteiger partial charge is 0.449 e. The summed E-state index contributed by atoms with van der Waals surface area (Å²) in [5.74, 6) is 0.555. The molecular formula is C17H25ClN2O2. The fourth-order valence-electron chi connectivity index (χ4n) is 2.48. The molecule has 0 bridgehead atoms. The molecule has 2 rings (SSSR count). The third kappa shape index (κ3) is 5.18. The van der Waals surface area contributed by atoms with Crippen LogP contribution in [0.5, 0.6) is 0 Å². The van der Waals surface area contributed by atoms with E-state index in [1.165, 1.54) is 5.56 Å². The Labute approximate surface area is 138 Å². The minimum Gasteiger partial charge on any atom is -0.449 e. The number of piperazine rings is 1. The van der Waals surface area contributed by atoms with E-state index in [4.69, 9.17) is 16.3 Å². The van der Waals surface area contributed by atoms with Crippen molar-refractivity contribution in [1.82, 2.24) is 9.80 Å². The molecule has 0 atom stereocenters. The Bertz CT molecular complexity index is 456. The first-order valence-corrected chi connectivity index (χ1v) is 8.54. The van der Waals surface area contributed by atoms with Crippen LogP contribution in [0.1, 0.15) is 30.9 Å². The number of unbranched alkanes of at least 4 members (excludes halogenated alkanes) is 1. The van der Waals surface area contributed by atoms with Gasteiger partial charge in [0.25, 0.3) is 0 Å². The summed E-state index contributed by atoms with van der Waals surface area (Å²) in [6, 6.07) is 8.40. The summed E-state index contributed by atoms with van der Waals surface area (Å²) in [5.41, 5.74) is 2.43. The fraction of sp³-hybridized carbons (Fsp3) is 0.588. The van der Waals surface area contributed by atoms with Gasteiger partial charge in [0.1, 0.15) is 0 Å². The predicted octanol–water partition coefficient (Wildman–Crippen LogP) is 3.48. The predicted molar refractivity (Wildman–Crippen MR) is 89.1 cm³/mol. The maximum absolute atomic E-state index is 11.9. The van der Waals surface area contributed by atoms with Crippen LogP contribution in [-0.2, 0) is 17.2 Å². The first-order chi connectivity index (χ1) is 10.7. The van der Waals surface area contributed by atoms with Crippen molar-refractivity contribution in [2.75, 3.05) is 32.8 Å².